The second-order valence-electron chi connectivity index (χ2n) is 3.59. The number of ether oxygens (including phenoxy) is 3. The van der Waals surface area contributed by atoms with Gasteiger partial charge in [-0.15, -0.1) is 0 Å². The molecule has 0 unspecified atom stereocenters. The smallest absolute Gasteiger partial charge is 0.203 e. The van der Waals surface area contributed by atoms with E-state index < -0.39 is 0 Å². The van der Waals surface area contributed by atoms with Crippen LogP contribution in [-0.4, -0.2) is 33.9 Å². The quantitative estimate of drug-likeness (QED) is 0.705. The Kier molecular flexibility index (Phi) is 6.25. The zero-order chi connectivity index (χ0) is 12.5. The van der Waals surface area contributed by atoms with Gasteiger partial charge < -0.3 is 19.5 Å². The fourth-order valence-corrected chi connectivity index (χ4v) is 1.51. The maximum atomic E-state index is 5.65. The Morgan fingerprint density at radius 3 is 2.47 bits per heavy atom. The summed E-state index contributed by atoms with van der Waals surface area (Å²) in [7, 11) is 3.23. The number of para-hydroxylation sites is 1. The van der Waals surface area contributed by atoms with E-state index in [0.29, 0.717) is 23.9 Å². The lowest BCUT2D eigenvalue weighted by Crippen LogP contribution is -2.21. The second kappa shape index (κ2) is 7.79. The van der Waals surface area contributed by atoms with Crippen LogP contribution in [0.15, 0.2) is 18.2 Å². The highest BCUT2D eigenvalue weighted by Crippen LogP contribution is 2.36. The summed E-state index contributed by atoms with van der Waals surface area (Å²) in [4.78, 5) is 0. The van der Waals surface area contributed by atoms with Crippen LogP contribution in [0.2, 0.25) is 0 Å². The first kappa shape index (κ1) is 13.6. The molecule has 0 aliphatic carbocycles. The summed E-state index contributed by atoms with van der Waals surface area (Å²) in [6.45, 7) is 4.59. The minimum absolute atomic E-state index is 0.615. The van der Waals surface area contributed by atoms with Gasteiger partial charge in [0.1, 0.15) is 6.61 Å². The minimum Gasteiger partial charge on any atom is -0.493 e. The predicted molar refractivity (Wildman–Crippen MR) is 68.2 cm³/mol. The topological polar surface area (TPSA) is 39.7 Å². The molecule has 4 heteroatoms. The molecule has 17 heavy (non-hydrogen) atoms. The predicted octanol–water partition coefficient (Wildman–Crippen LogP) is 2.08. The van der Waals surface area contributed by atoms with Gasteiger partial charge in [-0.05, 0) is 25.1 Å². The van der Waals surface area contributed by atoms with Crippen molar-refractivity contribution < 1.29 is 14.2 Å². The third-order valence-corrected chi connectivity index (χ3v) is 2.33. The van der Waals surface area contributed by atoms with E-state index in [1.807, 2.05) is 18.2 Å². The zero-order valence-corrected chi connectivity index (χ0v) is 10.8. The van der Waals surface area contributed by atoms with E-state index in [2.05, 4.69) is 12.2 Å². The summed E-state index contributed by atoms with van der Waals surface area (Å²) in [6.07, 6.45) is 1.13. The van der Waals surface area contributed by atoms with Crippen LogP contribution in [0.4, 0.5) is 0 Å². The molecule has 0 aliphatic rings. The molecule has 0 aromatic heterocycles. The van der Waals surface area contributed by atoms with Crippen molar-refractivity contribution in [3.05, 3.63) is 18.2 Å². The number of methoxy groups -OCH3 is 2. The van der Waals surface area contributed by atoms with Crippen LogP contribution in [0.5, 0.6) is 17.2 Å². The van der Waals surface area contributed by atoms with Crippen LogP contribution >= 0.6 is 0 Å². The molecule has 0 radical (unpaired) electrons. The van der Waals surface area contributed by atoms with E-state index in [1.165, 1.54) is 0 Å². The lowest BCUT2D eigenvalue weighted by Gasteiger charge is -2.13. The van der Waals surface area contributed by atoms with Crippen molar-refractivity contribution in [1.29, 1.82) is 0 Å². The summed E-state index contributed by atoms with van der Waals surface area (Å²) in [5, 5.41) is 3.27. The van der Waals surface area contributed by atoms with Gasteiger partial charge in [-0.1, -0.05) is 13.0 Å². The normalized spacial score (nSPS) is 10.1. The first-order valence-electron chi connectivity index (χ1n) is 5.88. The van der Waals surface area contributed by atoms with Crippen LogP contribution in [-0.2, 0) is 0 Å². The Bertz CT molecular complexity index is 328. The molecule has 1 aromatic rings. The standard InChI is InChI=1S/C13H21NO3/c1-4-8-14-9-10-17-12-7-5-6-11(15-2)13(12)16-3/h5-7,14H,4,8-10H2,1-3H3. The van der Waals surface area contributed by atoms with Crippen LogP contribution in [0, 0.1) is 0 Å². The van der Waals surface area contributed by atoms with Crippen molar-refractivity contribution in [3.63, 3.8) is 0 Å². The summed E-state index contributed by atoms with van der Waals surface area (Å²) in [5.74, 6) is 2.04. The summed E-state index contributed by atoms with van der Waals surface area (Å²) >= 11 is 0. The van der Waals surface area contributed by atoms with Crippen molar-refractivity contribution in [2.45, 2.75) is 13.3 Å². The molecule has 96 valence electrons. The third kappa shape index (κ3) is 4.15. The molecule has 1 N–H and O–H groups in total. The molecule has 0 atom stereocenters. The van der Waals surface area contributed by atoms with E-state index >= 15 is 0 Å². The van der Waals surface area contributed by atoms with Crippen LogP contribution in [0.1, 0.15) is 13.3 Å². The van der Waals surface area contributed by atoms with Gasteiger partial charge >= 0.3 is 0 Å². The molecule has 0 bridgehead atoms. The molecule has 0 fully saturated rings. The van der Waals surface area contributed by atoms with E-state index in [1.54, 1.807) is 14.2 Å². The van der Waals surface area contributed by atoms with Crippen LogP contribution in [0.25, 0.3) is 0 Å². The molecule has 0 saturated heterocycles. The van der Waals surface area contributed by atoms with Gasteiger partial charge in [0.15, 0.2) is 11.5 Å². The van der Waals surface area contributed by atoms with Crippen molar-refractivity contribution >= 4 is 0 Å². The van der Waals surface area contributed by atoms with Crippen molar-refractivity contribution in [2.75, 3.05) is 33.9 Å². The largest absolute Gasteiger partial charge is 0.493 e. The van der Waals surface area contributed by atoms with E-state index in [4.69, 9.17) is 14.2 Å². The Hall–Kier alpha value is -1.42. The van der Waals surface area contributed by atoms with Crippen LogP contribution in [0.3, 0.4) is 0 Å². The first-order valence-corrected chi connectivity index (χ1v) is 5.88. The maximum Gasteiger partial charge on any atom is 0.203 e. The Labute approximate surface area is 103 Å². The van der Waals surface area contributed by atoms with Gasteiger partial charge in [0.05, 0.1) is 14.2 Å². The third-order valence-electron chi connectivity index (χ3n) is 2.33. The van der Waals surface area contributed by atoms with Gasteiger partial charge in [-0.25, -0.2) is 0 Å². The molecule has 0 saturated carbocycles. The van der Waals surface area contributed by atoms with Crippen molar-refractivity contribution in [2.24, 2.45) is 0 Å². The van der Waals surface area contributed by atoms with Crippen molar-refractivity contribution in [3.8, 4) is 17.2 Å². The van der Waals surface area contributed by atoms with E-state index in [-0.39, 0.29) is 0 Å². The van der Waals surface area contributed by atoms with Gasteiger partial charge in [-0.3, -0.25) is 0 Å². The SMILES string of the molecule is CCCNCCOc1cccc(OC)c1OC. The number of nitrogens with one attached hydrogen (secondary N) is 1. The summed E-state index contributed by atoms with van der Waals surface area (Å²) < 4.78 is 16.1. The van der Waals surface area contributed by atoms with Gasteiger partial charge in [0, 0.05) is 6.54 Å². The van der Waals surface area contributed by atoms with Crippen LogP contribution < -0.4 is 19.5 Å². The number of benzene rings is 1. The summed E-state index contributed by atoms with van der Waals surface area (Å²) in [6, 6.07) is 5.61. The molecular formula is C13H21NO3. The second-order valence-corrected chi connectivity index (χ2v) is 3.59. The fraction of sp³-hybridized carbons (Fsp3) is 0.538. The Balaban J connectivity index is 2.52. The Morgan fingerprint density at radius 1 is 1.06 bits per heavy atom. The number of hydrogen-bond acceptors (Lipinski definition) is 4. The van der Waals surface area contributed by atoms with Gasteiger partial charge in [-0.2, -0.15) is 0 Å². The minimum atomic E-state index is 0.615. The maximum absolute atomic E-state index is 5.65. The fourth-order valence-electron chi connectivity index (χ4n) is 1.51. The number of hydrogen-bond donors (Lipinski definition) is 1. The molecule has 1 aromatic carbocycles. The average Bonchev–Trinajstić information content (AvgIpc) is 2.38. The molecule has 0 aliphatic heterocycles. The highest BCUT2D eigenvalue weighted by Gasteiger charge is 2.09. The lowest BCUT2D eigenvalue weighted by molar-refractivity contribution is 0.282. The number of rotatable bonds is 8. The Morgan fingerprint density at radius 2 is 1.82 bits per heavy atom. The highest BCUT2D eigenvalue weighted by molar-refractivity contribution is 5.50. The van der Waals surface area contributed by atoms with Gasteiger partial charge in [0.25, 0.3) is 0 Å². The molecule has 1 rings (SSSR count). The molecule has 0 spiro atoms. The lowest BCUT2D eigenvalue weighted by atomic mass is 10.3. The summed E-state index contributed by atoms with van der Waals surface area (Å²) in [5.41, 5.74) is 0. The molecular weight excluding hydrogens is 218 g/mol. The highest BCUT2D eigenvalue weighted by atomic mass is 16.5. The van der Waals surface area contributed by atoms with E-state index in [0.717, 1.165) is 19.5 Å². The molecule has 4 nitrogen and oxygen atoms in total. The van der Waals surface area contributed by atoms with Crippen molar-refractivity contribution in [1.82, 2.24) is 5.32 Å². The monoisotopic (exact) mass is 239 g/mol. The molecule has 0 heterocycles. The first-order chi connectivity index (χ1) is 8.33. The average molecular weight is 239 g/mol. The van der Waals surface area contributed by atoms with Gasteiger partial charge in [0.2, 0.25) is 5.75 Å². The zero-order valence-electron chi connectivity index (χ0n) is 10.8. The molecule has 0 amide bonds. The van der Waals surface area contributed by atoms with E-state index in [9.17, 15) is 0 Å².